The Labute approximate surface area is 208 Å². The summed E-state index contributed by atoms with van der Waals surface area (Å²) >= 11 is 0. The zero-order chi connectivity index (χ0) is 26.6. The highest BCUT2D eigenvalue weighted by Crippen LogP contribution is 2.36. The number of phenols is 1. The first-order valence-corrected chi connectivity index (χ1v) is 12.0. The Morgan fingerprint density at radius 2 is 1.94 bits per heavy atom. The first-order valence-electron chi connectivity index (χ1n) is 12.0. The predicted molar refractivity (Wildman–Crippen MR) is 135 cm³/mol. The normalized spacial score (nSPS) is 23.1. The summed E-state index contributed by atoms with van der Waals surface area (Å²) < 4.78 is 11.3. The van der Waals surface area contributed by atoms with Gasteiger partial charge in [0.15, 0.2) is 11.6 Å². The summed E-state index contributed by atoms with van der Waals surface area (Å²) in [7, 11) is 1.53. The third kappa shape index (κ3) is 8.02. The first kappa shape index (κ1) is 28.8. The number of hydrogen-bond donors (Lipinski definition) is 3. The topological polar surface area (TPSA) is 113 Å². The number of aryl methyl sites for hydroxylation is 1. The van der Waals surface area contributed by atoms with E-state index in [1.165, 1.54) is 25.3 Å². The number of aromatic hydroxyl groups is 1. The molecule has 1 fully saturated rings. The largest absolute Gasteiger partial charge is 0.508 e. The second kappa shape index (κ2) is 11.1. The van der Waals surface area contributed by atoms with Crippen LogP contribution >= 0.6 is 0 Å². The quantitative estimate of drug-likeness (QED) is 0.395. The van der Waals surface area contributed by atoms with Crippen LogP contribution < -0.4 is 4.74 Å². The number of allylic oxidation sites excluding steroid dienone is 2. The Morgan fingerprint density at radius 3 is 2.51 bits per heavy atom. The SMILES string of the molecule is COc1c(C)cc(O)cc1/C=C/C(C)(O)CC(=O)/C=C(/C)CCC[C@@]1(C)O[C@H](C(C)(C)O)CC1=O. The minimum Gasteiger partial charge on any atom is -0.508 e. The molecule has 2 rings (SSSR count). The zero-order valence-corrected chi connectivity index (χ0v) is 22.0. The maximum atomic E-state index is 12.6. The number of rotatable bonds is 11. The Morgan fingerprint density at radius 1 is 1.29 bits per heavy atom. The van der Waals surface area contributed by atoms with Crippen molar-refractivity contribution in [2.75, 3.05) is 7.11 Å². The van der Waals surface area contributed by atoms with Crippen LogP contribution in [-0.4, -0.2) is 56.9 Å². The van der Waals surface area contributed by atoms with Gasteiger partial charge in [0.25, 0.3) is 0 Å². The minimum absolute atomic E-state index is 0.0104. The van der Waals surface area contributed by atoms with Gasteiger partial charge in [-0.05, 0) is 84.6 Å². The fourth-order valence-corrected chi connectivity index (χ4v) is 4.37. The van der Waals surface area contributed by atoms with Gasteiger partial charge in [-0.1, -0.05) is 17.7 Å². The number of ether oxygens (including phenoxy) is 2. The van der Waals surface area contributed by atoms with Crippen molar-refractivity contribution in [3.63, 3.8) is 0 Å². The highest BCUT2D eigenvalue weighted by atomic mass is 16.5. The number of Topliss-reactive ketones (excluding diaryl/α,β-unsaturated/α-hetero) is 1. The van der Waals surface area contributed by atoms with Gasteiger partial charge in [-0.15, -0.1) is 0 Å². The standard InChI is InChI=1S/C28H40O7/c1-18(9-8-11-28(6)23(31)16-24(35-28)26(3,4)32)13-22(30)17-27(5,33)12-10-20-15-21(29)14-19(2)25(20)34-7/h10,12-15,24,29,32-33H,8-9,11,16-17H2,1-7H3/b12-10+,18-13-/t24-,27?,28+/m0/s1. The van der Waals surface area contributed by atoms with Crippen LogP contribution in [0.4, 0.5) is 0 Å². The zero-order valence-electron chi connectivity index (χ0n) is 22.0. The number of methoxy groups -OCH3 is 1. The van der Waals surface area contributed by atoms with Crippen LogP contribution in [0.25, 0.3) is 6.08 Å². The molecule has 35 heavy (non-hydrogen) atoms. The molecular weight excluding hydrogens is 448 g/mol. The van der Waals surface area contributed by atoms with E-state index in [4.69, 9.17) is 9.47 Å². The smallest absolute Gasteiger partial charge is 0.167 e. The second-order valence-corrected chi connectivity index (χ2v) is 10.7. The van der Waals surface area contributed by atoms with Crippen molar-refractivity contribution in [2.45, 2.75) is 96.6 Å². The lowest BCUT2D eigenvalue weighted by molar-refractivity contribution is -0.141. The fourth-order valence-electron chi connectivity index (χ4n) is 4.37. The molecule has 3 atom stereocenters. The molecule has 0 radical (unpaired) electrons. The number of aliphatic hydroxyl groups is 2. The van der Waals surface area contributed by atoms with Gasteiger partial charge in [-0.3, -0.25) is 9.59 Å². The number of phenolic OH excluding ortho intramolecular Hbond substituents is 1. The maximum absolute atomic E-state index is 12.6. The molecule has 0 aliphatic carbocycles. The number of benzene rings is 1. The van der Waals surface area contributed by atoms with Crippen LogP contribution in [-0.2, 0) is 14.3 Å². The third-order valence-corrected chi connectivity index (χ3v) is 6.43. The van der Waals surface area contributed by atoms with Crippen molar-refractivity contribution in [1.82, 2.24) is 0 Å². The number of carbonyl (C=O) groups is 2. The molecule has 194 valence electrons. The van der Waals surface area contributed by atoms with E-state index >= 15 is 0 Å². The van der Waals surface area contributed by atoms with Crippen molar-refractivity contribution in [3.05, 3.63) is 41.0 Å². The van der Waals surface area contributed by atoms with Gasteiger partial charge in [-0.25, -0.2) is 0 Å². The minimum atomic E-state index is -1.39. The highest BCUT2D eigenvalue weighted by Gasteiger charge is 2.48. The van der Waals surface area contributed by atoms with Gasteiger partial charge in [0, 0.05) is 18.4 Å². The van der Waals surface area contributed by atoms with Crippen LogP contribution in [0.3, 0.4) is 0 Å². The number of carbonyl (C=O) groups excluding carboxylic acids is 2. The van der Waals surface area contributed by atoms with Crippen molar-refractivity contribution >= 4 is 17.6 Å². The summed E-state index contributed by atoms with van der Waals surface area (Å²) in [5, 5.41) is 30.7. The molecule has 7 heteroatoms. The van der Waals surface area contributed by atoms with Gasteiger partial charge >= 0.3 is 0 Å². The molecule has 1 aliphatic rings. The molecule has 1 heterocycles. The van der Waals surface area contributed by atoms with Crippen molar-refractivity contribution in [2.24, 2.45) is 0 Å². The Balaban J connectivity index is 1.94. The molecule has 1 aliphatic heterocycles. The lowest BCUT2D eigenvalue weighted by Crippen LogP contribution is -2.38. The number of hydrogen-bond acceptors (Lipinski definition) is 7. The van der Waals surface area contributed by atoms with Gasteiger partial charge in [0.1, 0.15) is 17.1 Å². The van der Waals surface area contributed by atoms with E-state index in [0.29, 0.717) is 30.6 Å². The lowest BCUT2D eigenvalue weighted by atomic mass is 9.91. The molecule has 1 aromatic carbocycles. The van der Waals surface area contributed by atoms with E-state index in [1.807, 2.05) is 13.8 Å². The molecular formula is C28H40O7. The molecule has 1 saturated heterocycles. The van der Waals surface area contributed by atoms with Crippen LogP contribution in [0.1, 0.15) is 77.8 Å². The van der Waals surface area contributed by atoms with Crippen molar-refractivity contribution in [3.8, 4) is 11.5 Å². The average molecular weight is 489 g/mol. The van der Waals surface area contributed by atoms with Gasteiger partial charge < -0.3 is 24.8 Å². The predicted octanol–water partition coefficient (Wildman–Crippen LogP) is 4.44. The molecule has 1 aromatic rings. The summed E-state index contributed by atoms with van der Waals surface area (Å²) in [4.78, 5) is 25.0. The number of ketones is 2. The second-order valence-electron chi connectivity index (χ2n) is 10.7. The highest BCUT2D eigenvalue weighted by molar-refractivity contribution is 5.91. The van der Waals surface area contributed by atoms with E-state index in [1.54, 1.807) is 39.8 Å². The Hall–Kier alpha value is -2.48. The van der Waals surface area contributed by atoms with E-state index in [-0.39, 0.29) is 30.2 Å². The van der Waals surface area contributed by atoms with Gasteiger partial charge in [0.2, 0.25) is 0 Å². The van der Waals surface area contributed by atoms with E-state index in [2.05, 4.69) is 0 Å². The summed E-state index contributed by atoms with van der Waals surface area (Å²) in [6.07, 6.45) is 6.04. The third-order valence-electron chi connectivity index (χ3n) is 6.43. The molecule has 0 saturated carbocycles. The van der Waals surface area contributed by atoms with E-state index < -0.39 is 22.9 Å². The molecule has 1 unspecified atom stereocenters. The fraction of sp³-hybridized carbons (Fsp3) is 0.571. The van der Waals surface area contributed by atoms with E-state index in [9.17, 15) is 24.9 Å². The van der Waals surface area contributed by atoms with Gasteiger partial charge in [0.05, 0.1) is 24.4 Å². The van der Waals surface area contributed by atoms with Crippen LogP contribution in [0, 0.1) is 6.92 Å². The molecule has 0 bridgehead atoms. The van der Waals surface area contributed by atoms with Crippen LogP contribution in [0.5, 0.6) is 11.5 Å². The molecule has 3 N–H and O–H groups in total. The van der Waals surface area contributed by atoms with Crippen LogP contribution in [0.15, 0.2) is 29.9 Å². The summed E-state index contributed by atoms with van der Waals surface area (Å²) in [6, 6.07) is 3.12. The molecule has 0 aromatic heterocycles. The molecule has 7 nitrogen and oxygen atoms in total. The van der Waals surface area contributed by atoms with Crippen LogP contribution in [0.2, 0.25) is 0 Å². The van der Waals surface area contributed by atoms with Crippen molar-refractivity contribution in [1.29, 1.82) is 0 Å². The average Bonchev–Trinajstić information content (AvgIpc) is 3.00. The Bertz CT molecular complexity index is 997. The first-order chi connectivity index (χ1) is 16.1. The summed E-state index contributed by atoms with van der Waals surface area (Å²) in [6.45, 7) is 10.3. The van der Waals surface area contributed by atoms with Crippen molar-refractivity contribution < 1.29 is 34.4 Å². The maximum Gasteiger partial charge on any atom is 0.167 e. The monoisotopic (exact) mass is 488 g/mol. The van der Waals surface area contributed by atoms with E-state index in [0.717, 1.165) is 11.1 Å². The Kier molecular flexibility index (Phi) is 9.09. The molecule has 0 spiro atoms. The lowest BCUT2D eigenvalue weighted by Gasteiger charge is -2.28. The van der Waals surface area contributed by atoms with Gasteiger partial charge in [-0.2, -0.15) is 0 Å². The summed E-state index contributed by atoms with van der Waals surface area (Å²) in [5.74, 6) is 0.456. The summed E-state index contributed by atoms with van der Waals surface area (Å²) in [5.41, 5.74) is -1.17. The molecule has 0 amide bonds.